The number of nitrogens with one attached hydrogen (secondary N) is 1. The number of hydrogen-bond donors (Lipinski definition) is 2. The van der Waals surface area contributed by atoms with E-state index in [-0.39, 0.29) is 0 Å². The zero-order chi connectivity index (χ0) is 8.27. The van der Waals surface area contributed by atoms with E-state index < -0.39 is 0 Å². The lowest BCUT2D eigenvalue weighted by molar-refractivity contribution is 1.10. The van der Waals surface area contributed by atoms with Gasteiger partial charge in [-0.2, -0.15) is 0 Å². The summed E-state index contributed by atoms with van der Waals surface area (Å²) in [7, 11) is 0. The Morgan fingerprint density at radius 1 is 1.82 bits per heavy atom. The second kappa shape index (κ2) is 3.18. The van der Waals surface area contributed by atoms with Crippen molar-refractivity contribution in [2.45, 2.75) is 13.8 Å². The predicted molar refractivity (Wildman–Crippen MR) is 46.5 cm³/mol. The molecule has 11 heavy (non-hydrogen) atoms. The molecule has 0 radical (unpaired) electrons. The Morgan fingerprint density at radius 2 is 2.55 bits per heavy atom. The van der Waals surface area contributed by atoms with E-state index in [0.29, 0.717) is 5.70 Å². The Hall–Kier alpha value is -1.32. The third kappa shape index (κ3) is 1.58. The lowest BCUT2D eigenvalue weighted by Crippen LogP contribution is -2.18. The molecule has 4 nitrogen and oxygen atoms in total. The highest BCUT2D eigenvalue weighted by Gasteiger charge is 2.10. The van der Waals surface area contributed by atoms with Gasteiger partial charge >= 0.3 is 0 Å². The summed E-state index contributed by atoms with van der Waals surface area (Å²) < 4.78 is 0. The van der Waals surface area contributed by atoms with Crippen molar-refractivity contribution in [2.75, 3.05) is 6.54 Å². The number of aliphatic imine (C=N–C) groups is 2. The molecule has 0 bridgehead atoms. The smallest absolute Gasteiger partial charge is 0.154 e. The normalized spacial score (nSPS) is 24.0. The van der Waals surface area contributed by atoms with Crippen molar-refractivity contribution < 1.29 is 0 Å². The second-order valence-electron chi connectivity index (χ2n) is 2.26. The SMILES string of the molecule is CC/N=C1/NC=N/C1=C(/C)N. The molecule has 0 aliphatic carbocycles. The van der Waals surface area contributed by atoms with Gasteiger partial charge in [0.05, 0.1) is 6.34 Å². The summed E-state index contributed by atoms with van der Waals surface area (Å²) in [5.74, 6) is 0.771. The van der Waals surface area contributed by atoms with Crippen LogP contribution in [0.15, 0.2) is 21.4 Å². The summed E-state index contributed by atoms with van der Waals surface area (Å²) in [6.45, 7) is 4.52. The van der Waals surface area contributed by atoms with Crippen LogP contribution >= 0.6 is 0 Å². The Balaban J connectivity index is 2.89. The van der Waals surface area contributed by atoms with Crippen LogP contribution in [-0.4, -0.2) is 18.7 Å². The van der Waals surface area contributed by atoms with Gasteiger partial charge in [-0.05, 0) is 13.8 Å². The fourth-order valence-electron chi connectivity index (χ4n) is 0.855. The third-order valence-electron chi connectivity index (χ3n) is 1.31. The fourth-order valence-corrected chi connectivity index (χ4v) is 0.855. The number of amidine groups is 1. The average molecular weight is 152 g/mol. The van der Waals surface area contributed by atoms with Gasteiger partial charge in [0.15, 0.2) is 5.84 Å². The van der Waals surface area contributed by atoms with Crippen molar-refractivity contribution in [2.24, 2.45) is 15.7 Å². The molecule has 1 aliphatic heterocycles. The molecule has 0 atom stereocenters. The van der Waals surface area contributed by atoms with Gasteiger partial charge in [-0.15, -0.1) is 0 Å². The number of hydrogen-bond acceptors (Lipinski definition) is 3. The van der Waals surface area contributed by atoms with E-state index in [2.05, 4.69) is 15.3 Å². The molecule has 0 saturated heterocycles. The van der Waals surface area contributed by atoms with Gasteiger partial charge in [0, 0.05) is 12.2 Å². The van der Waals surface area contributed by atoms with Crippen LogP contribution in [0.1, 0.15) is 13.8 Å². The molecule has 0 spiro atoms. The molecule has 1 rings (SSSR count). The van der Waals surface area contributed by atoms with Gasteiger partial charge in [0.25, 0.3) is 0 Å². The lowest BCUT2D eigenvalue weighted by atomic mass is 10.3. The first-order valence-corrected chi connectivity index (χ1v) is 3.56. The molecule has 0 aromatic carbocycles. The van der Waals surface area contributed by atoms with Crippen LogP contribution in [0.2, 0.25) is 0 Å². The van der Waals surface area contributed by atoms with E-state index in [9.17, 15) is 0 Å². The molecule has 60 valence electrons. The monoisotopic (exact) mass is 152 g/mol. The maximum absolute atomic E-state index is 5.56. The van der Waals surface area contributed by atoms with E-state index in [1.54, 1.807) is 6.34 Å². The standard InChI is InChI=1S/C7H12N4/c1-3-9-7-6(5(2)8)10-4-11-7/h4H,3,8H2,1-2H3,(H,9,10,11)/b6-5-. The second-order valence-corrected chi connectivity index (χ2v) is 2.26. The van der Waals surface area contributed by atoms with Gasteiger partial charge in [-0.25, -0.2) is 4.99 Å². The van der Waals surface area contributed by atoms with Gasteiger partial charge in [-0.1, -0.05) is 0 Å². The third-order valence-corrected chi connectivity index (χ3v) is 1.31. The Morgan fingerprint density at radius 3 is 3.09 bits per heavy atom. The summed E-state index contributed by atoms with van der Waals surface area (Å²) in [6.07, 6.45) is 1.60. The molecule has 4 heteroatoms. The summed E-state index contributed by atoms with van der Waals surface area (Å²) in [4.78, 5) is 8.19. The van der Waals surface area contributed by atoms with Crippen molar-refractivity contribution in [1.29, 1.82) is 0 Å². The van der Waals surface area contributed by atoms with Crippen LogP contribution in [0.4, 0.5) is 0 Å². The minimum Gasteiger partial charge on any atom is -0.400 e. The Bertz CT molecular complexity index is 233. The van der Waals surface area contributed by atoms with E-state index in [0.717, 1.165) is 18.1 Å². The van der Waals surface area contributed by atoms with E-state index in [4.69, 9.17) is 5.73 Å². The van der Waals surface area contributed by atoms with Crippen molar-refractivity contribution >= 4 is 12.2 Å². The molecule has 0 aromatic rings. The molecular weight excluding hydrogens is 140 g/mol. The minimum atomic E-state index is 0.693. The predicted octanol–water partition coefficient (Wildman–Crippen LogP) is 0.227. The van der Waals surface area contributed by atoms with Gasteiger partial charge in [0.1, 0.15) is 5.70 Å². The quantitative estimate of drug-likeness (QED) is 0.564. The summed E-state index contributed by atoms with van der Waals surface area (Å²) in [6, 6.07) is 0. The molecule has 3 N–H and O–H groups in total. The lowest BCUT2D eigenvalue weighted by Gasteiger charge is -1.98. The first kappa shape index (κ1) is 7.78. The largest absolute Gasteiger partial charge is 0.400 e. The van der Waals surface area contributed by atoms with E-state index in [1.807, 2.05) is 13.8 Å². The first-order chi connectivity index (χ1) is 5.25. The molecular formula is C7H12N4. The van der Waals surface area contributed by atoms with Crippen LogP contribution < -0.4 is 11.1 Å². The topological polar surface area (TPSA) is 62.8 Å². The molecule has 0 amide bonds. The van der Waals surface area contributed by atoms with Crippen molar-refractivity contribution in [3.05, 3.63) is 11.4 Å². The Kier molecular flexibility index (Phi) is 2.25. The van der Waals surface area contributed by atoms with E-state index >= 15 is 0 Å². The van der Waals surface area contributed by atoms with Crippen molar-refractivity contribution in [3.8, 4) is 0 Å². The summed E-state index contributed by atoms with van der Waals surface area (Å²) in [5, 5.41) is 2.91. The Labute approximate surface area is 65.9 Å². The number of rotatable bonds is 1. The zero-order valence-corrected chi connectivity index (χ0v) is 6.76. The van der Waals surface area contributed by atoms with Crippen LogP contribution in [0, 0.1) is 0 Å². The first-order valence-electron chi connectivity index (χ1n) is 3.56. The van der Waals surface area contributed by atoms with Gasteiger partial charge < -0.3 is 11.1 Å². The van der Waals surface area contributed by atoms with Crippen LogP contribution in [0.3, 0.4) is 0 Å². The zero-order valence-electron chi connectivity index (χ0n) is 6.76. The molecule has 0 fully saturated rings. The minimum absolute atomic E-state index is 0.693. The highest BCUT2D eigenvalue weighted by molar-refractivity contribution is 6.09. The van der Waals surface area contributed by atoms with Crippen molar-refractivity contribution in [1.82, 2.24) is 5.32 Å². The van der Waals surface area contributed by atoms with Gasteiger partial charge in [0.2, 0.25) is 0 Å². The van der Waals surface area contributed by atoms with E-state index in [1.165, 1.54) is 0 Å². The highest BCUT2D eigenvalue weighted by atomic mass is 15.1. The fraction of sp³-hybridized carbons (Fsp3) is 0.429. The molecule has 0 unspecified atom stereocenters. The maximum atomic E-state index is 5.56. The number of nitrogens with two attached hydrogens (primary N) is 1. The molecule has 1 heterocycles. The number of allylic oxidation sites excluding steroid dienone is 1. The number of nitrogens with zero attached hydrogens (tertiary/aromatic N) is 2. The summed E-state index contributed by atoms with van der Waals surface area (Å²) in [5.41, 5.74) is 7.01. The van der Waals surface area contributed by atoms with Crippen LogP contribution in [0.25, 0.3) is 0 Å². The van der Waals surface area contributed by atoms with Gasteiger partial charge in [-0.3, -0.25) is 4.99 Å². The van der Waals surface area contributed by atoms with Crippen molar-refractivity contribution in [3.63, 3.8) is 0 Å². The maximum Gasteiger partial charge on any atom is 0.154 e. The van der Waals surface area contributed by atoms with Crippen LogP contribution in [0.5, 0.6) is 0 Å². The average Bonchev–Trinajstić information content (AvgIpc) is 2.36. The van der Waals surface area contributed by atoms with Crippen LogP contribution in [-0.2, 0) is 0 Å². The highest BCUT2D eigenvalue weighted by Crippen LogP contribution is 2.05. The molecule has 0 saturated carbocycles. The molecule has 1 aliphatic rings. The summed E-state index contributed by atoms with van der Waals surface area (Å²) >= 11 is 0. The molecule has 0 aromatic heterocycles.